The minimum atomic E-state index is -1.08. The third-order valence-corrected chi connectivity index (χ3v) is 20.6. The summed E-state index contributed by atoms with van der Waals surface area (Å²) in [4.78, 5) is 0. The molecule has 0 saturated carbocycles. The van der Waals surface area contributed by atoms with E-state index >= 15 is 0 Å². The van der Waals surface area contributed by atoms with Crippen LogP contribution >= 0.6 is 193 Å². The largest absolute Gasteiger partial charge is 0.388 e. The van der Waals surface area contributed by atoms with Gasteiger partial charge in [-0.05, 0) is 0 Å². The lowest BCUT2D eigenvalue weighted by Crippen LogP contribution is -2.56. The second-order valence-electron chi connectivity index (χ2n) is 3.13. The van der Waals surface area contributed by atoms with Crippen LogP contribution in [0.15, 0.2) is 0 Å². The molecule has 0 fully saturated rings. The molecule has 12 heteroatoms. The van der Waals surface area contributed by atoms with E-state index in [9.17, 15) is 10.2 Å². The Balaban J connectivity index is 5.31. The third-order valence-electron chi connectivity index (χ3n) is 1.80. The molecule has 0 heterocycles. The van der Waals surface area contributed by atoms with Crippen molar-refractivity contribution in [1.82, 2.24) is 0 Å². The number of hydrogen-bond acceptors (Lipinski definition) is 2. The Morgan fingerprint density at radius 1 is 0.722 bits per heavy atom. The van der Waals surface area contributed by atoms with Crippen LogP contribution in [-0.4, -0.2) is 28.7 Å². The fourth-order valence-electron chi connectivity index (χ4n) is 0.732. The van der Waals surface area contributed by atoms with Gasteiger partial charge in [0.15, 0.2) is 2.14 Å². The summed E-state index contributed by atoms with van der Waals surface area (Å²) in [6, 6.07) is 0. The molecular formula is C6H4Br5I5O2. The van der Waals surface area contributed by atoms with E-state index in [1.165, 1.54) is 0 Å². The second-order valence-corrected chi connectivity index (χ2v) is 30.0. The fourth-order valence-corrected chi connectivity index (χ4v) is 3.57. The monoisotopic (exact) mass is 1140 g/mol. The zero-order valence-corrected chi connectivity index (χ0v) is 26.5. The van der Waals surface area contributed by atoms with E-state index in [-0.39, 0.29) is -0.565 Å². The maximum Gasteiger partial charge on any atom is 0.162 e. The molecule has 0 saturated heterocycles. The average molecular weight is 1140 g/mol. The molecule has 0 radical (unpaired) electrons. The first-order chi connectivity index (χ1) is 7.57. The molecule has 110 valence electrons. The van der Waals surface area contributed by atoms with Crippen molar-refractivity contribution in [3.05, 3.63) is 0 Å². The maximum absolute atomic E-state index is 10.5. The van der Waals surface area contributed by atoms with E-state index in [1.54, 1.807) is 0 Å². The van der Waals surface area contributed by atoms with Crippen LogP contribution < -0.4 is 0 Å². The van der Waals surface area contributed by atoms with Gasteiger partial charge in [0.1, 0.15) is 16.3 Å². The van der Waals surface area contributed by atoms with Gasteiger partial charge in [0.25, 0.3) is 0 Å². The summed E-state index contributed by atoms with van der Waals surface area (Å²) in [5, 5.41) is 20.9. The second kappa shape index (κ2) is 8.57. The molecular weight excluding hydrogens is 1140 g/mol. The van der Waals surface area contributed by atoms with Gasteiger partial charge < -0.3 is 10.2 Å². The van der Waals surface area contributed by atoms with Gasteiger partial charge in [0.05, 0.1) is 0 Å². The first-order valence-corrected chi connectivity index (χ1v) is 13.2. The van der Waals surface area contributed by atoms with Gasteiger partial charge in [-0.1, -0.05) is 193 Å². The first kappa shape index (κ1) is 24.0. The van der Waals surface area contributed by atoms with Gasteiger partial charge in [-0.3, -0.25) is 0 Å². The first-order valence-electron chi connectivity index (χ1n) is 3.82. The van der Waals surface area contributed by atoms with Crippen LogP contribution in [0.5, 0.6) is 0 Å². The van der Waals surface area contributed by atoms with E-state index < -0.39 is 19.0 Å². The molecule has 0 spiro atoms. The minimum Gasteiger partial charge on any atom is -0.388 e. The molecule has 0 aliphatic heterocycles. The SMILES string of the molecule is OC(C(O)C(I)(I)C(I)(I)I)C(Br)(Br)C(Br)(Br)Br. The highest BCUT2D eigenvalue weighted by Gasteiger charge is 2.58. The number of alkyl halides is 10. The highest BCUT2D eigenvalue weighted by molar-refractivity contribution is 14.3. The van der Waals surface area contributed by atoms with Gasteiger partial charge >= 0.3 is 0 Å². The number of aliphatic hydroxyl groups excluding tert-OH is 2. The summed E-state index contributed by atoms with van der Waals surface area (Å²) in [5.74, 6) is 0. The Bertz CT molecular complexity index is 272. The summed E-state index contributed by atoms with van der Waals surface area (Å²) in [6.07, 6.45) is -2.06. The van der Waals surface area contributed by atoms with Crippen LogP contribution in [0.4, 0.5) is 0 Å². The van der Waals surface area contributed by atoms with Crippen molar-refractivity contribution < 1.29 is 10.2 Å². The van der Waals surface area contributed by atoms with E-state index in [4.69, 9.17) is 0 Å². The molecule has 0 amide bonds. The van der Waals surface area contributed by atoms with Gasteiger partial charge in [0.2, 0.25) is 0 Å². The summed E-state index contributed by atoms with van der Waals surface area (Å²) in [7, 11) is 0. The van der Waals surface area contributed by atoms with Crippen LogP contribution in [0.3, 0.4) is 0 Å². The fraction of sp³-hybridized carbons (Fsp3) is 1.00. The minimum absolute atomic E-state index is 0.272. The summed E-state index contributed by atoms with van der Waals surface area (Å²) >= 11 is 27.8. The van der Waals surface area contributed by atoms with Gasteiger partial charge in [-0.25, -0.2) is 0 Å². The highest BCUT2D eigenvalue weighted by atomic mass is 127. The quantitative estimate of drug-likeness (QED) is 0.248. The van der Waals surface area contributed by atoms with Gasteiger partial charge in [0, 0.05) is 0 Å². The highest BCUT2D eigenvalue weighted by Crippen LogP contribution is 2.60. The summed E-state index contributed by atoms with van der Waals surface area (Å²) in [5.41, 5.74) is 0. The Hall–Kier alpha value is 5.97. The van der Waals surface area contributed by atoms with Gasteiger partial charge in [-0.15, -0.1) is 0 Å². The standard InChI is InChI=1S/C6H4Br5I5O2/c7-3(8,5(9,10)11)1(17)2(18)4(12,13)6(14,15)16/h1-2,17-18H. The molecule has 2 nitrogen and oxygen atoms in total. The number of aliphatic hydroxyl groups is 2. The zero-order valence-electron chi connectivity index (χ0n) is 7.83. The molecule has 0 bridgehead atoms. The van der Waals surface area contributed by atoms with Crippen LogP contribution in [0, 0.1) is 0 Å². The van der Waals surface area contributed by atoms with E-state index in [2.05, 4.69) is 193 Å². The van der Waals surface area contributed by atoms with Gasteiger partial charge in [-0.2, -0.15) is 0 Å². The lowest BCUT2D eigenvalue weighted by atomic mass is 10.1. The average Bonchev–Trinajstić information content (AvgIpc) is 2.11. The van der Waals surface area contributed by atoms with Crippen molar-refractivity contribution in [1.29, 1.82) is 0 Å². The normalized spacial score (nSPS) is 18.7. The van der Waals surface area contributed by atoms with Crippen LogP contribution in [0.1, 0.15) is 0 Å². The van der Waals surface area contributed by atoms with Crippen molar-refractivity contribution in [3.8, 4) is 0 Å². The van der Waals surface area contributed by atoms with Crippen molar-refractivity contribution in [2.45, 2.75) is 18.4 Å². The number of hydrogen-bond donors (Lipinski definition) is 2. The molecule has 0 aliphatic carbocycles. The smallest absolute Gasteiger partial charge is 0.162 e. The molecule has 18 heavy (non-hydrogen) atoms. The van der Waals surface area contributed by atoms with Crippen molar-refractivity contribution in [2.75, 3.05) is 0 Å². The Labute approximate surface area is 216 Å². The van der Waals surface area contributed by atoms with Crippen molar-refractivity contribution in [3.63, 3.8) is 0 Å². The Morgan fingerprint density at radius 2 is 1.06 bits per heavy atom. The van der Waals surface area contributed by atoms with Crippen LogP contribution in [0.2, 0.25) is 0 Å². The lowest BCUT2D eigenvalue weighted by molar-refractivity contribution is 0.0186. The zero-order chi connectivity index (χ0) is 15.2. The van der Waals surface area contributed by atoms with E-state index in [0.29, 0.717) is 0 Å². The Kier molecular flexibility index (Phi) is 11.4. The lowest BCUT2D eigenvalue weighted by Gasteiger charge is -2.42. The predicted molar refractivity (Wildman–Crippen MR) is 138 cm³/mol. The molecule has 0 aromatic rings. The Morgan fingerprint density at radius 3 is 1.28 bits per heavy atom. The van der Waals surface area contributed by atoms with E-state index in [0.717, 1.165) is 0 Å². The van der Waals surface area contributed by atoms with Crippen molar-refractivity contribution >= 4 is 193 Å². The maximum atomic E-state index is 10.5. The molecule has 0 aromatic carbocycles. The molecule has 2 N–H and O–H groups in total. The summed E-state index contributed by atoms with van der Waals surface area (Å²) in [6.45, 7) is 0. The van der Waals surface area contributed by atoms with Crippen LogP contribution in [-0.2, 0) is 0 Å². The molecule has 0 aliphatic rings. The molecule has 0 rings (SSSR count). The van der Waals surface area contributed by atoms with Crippen molar-refractivity contribution in [2.24, 2.45) is 0 Å². The molecule has 2 unspecified atom stereocenters. The summed E-state index contributed by atoms with van der Waals surface area (Å²) < 4.78 is -2.66. The van der Waals surface area contributed by atoms with E-state index in [1.807, 2.05) is 0 Å². The third kappa shape index (κ3) is 6.05. The predicted octanol–water partition coefficient (Wildman–Crippen LogP) is 6.56. The van der Waals surface area contributed by atoms with Crippen LogP contribution in [0.25, 0.3) is 0 Å². The number of halogens is 10. The molecule has 2 atom stereocenters. The number of rotatable bonds is 4. The topological polar surface area (TPSA) is 40.5 Å². The molecule has 0 aromatic heterocycles.